The lowest BCUT2D eigenvalue weighted by Crippen LogP contribution is -2.48. The Morgan fingerprint density at radius 2 is 1.05 bits per heavy atom. The van der Waals surface area contributed by atoms with E-state index in [2.05, 4.69) is 29.2 Å². The minimum absolute atomic E-state index is 0. The van der Waals surface area contributed by atoms with Crippen LogP contribution >= 0.6 is 24.0 Å². The van der Waals surface area contributed by atoms with E-state index in [4.69, 9.17) is 32.0 Å². The van der Waals surface area contributed by atoms with Crippen molar-refractivity contribution in [3.63, 3.8) is 0 Å². The second-order valence-corrected chi connectivity index (χ2v) is 13.9. The molecule has 0 aromatic heterocycles. The highest BCUT2D eigenvalue weighted by Crippen LogP contribution is 2.39. The second kappa shape index (κ2) is 22.1. The Kier molecular flexibility index (Phi) is 18.7. The molecule has 0 radical (unpaired) electrons. The van der Waals surface area contributed by atoms with Crippen LogP contribution in [0.4, 0.5) is 0 Å². The molecule has 0 unspecified atom stereocenters. The number of aliphatic carboxylic acids is 4. The van der Waals surface area contributed by atoms with E-state index in [9.17, 15) is 29.1 Å². The van der Waals surface area contributed by atoms with Crippen LogP contribution in [-0.4, -0.2) is 148 Å². The third kappa shape index (κ3) is 14.2. The molecule has 0 atom stereocenters. The Labute approximate surface area is 331 Å². The van der Waals surface area contributed by atoms with Crippen LogP contribution in [0, 0.1) is 0 Å². The van der Waals surface area contributed by atoms with Crippen molar-refractivity contribution >= 4 is 53.8 Å². The molecule has 3 aromatic carbocycles. The largest absolute Gasteiger partial charge is 0.480 e. The minimum atomic E-state index is -1.23. The van der Waals surface area contributed by atoms with Crippen molar-refractivity contribution in [2.75, 3.05) is 73.0 Å². The predicted octanol–water partition coefficient (Wildman–Crippen LogP) is 3.44. The summed E-state index contributed by atoms with van der Waals surface area (Å²) in [5.41, 5.74) is 1.33. The molecule has 16 heteroatoms. The molecule has 1 aliphatic heterocycles. The van der Waals surface area contributed by atoms with Crippen LogP contribution in [0.2, 0.25) is 5.02 Å². The Balaban J connectivity index is 0.000000430. The Morgan fingerprint density at radius 1 is 0.673 bits per heavy atom. The summed E-state index contributed by atoms with van der Waals surface area (Å²) in [6.07, 6.45) is 1.97. The first-order valence-electron chi connectivity index (χ1n) is 17.4. The van der Waals surface area contributed by atoms with Gasteiger partial charge in [0.15, 0.2) is 0 Å². The molecule has 1 saturated heterocycles. The van der Waals surface area contributed by atoms with Crippen molar-refractivity contribution in [1.82, 2.24) is 19.6 Å². The summed E-state index contributed by atoms with van der Waals surface area (Å²) >= 11 is 6.03. The molecule has 5 N–H and O–H groups in total. The van der Waals surface area contributed by atoms with Crippen LogP contribution in [0.1, 0.15) is 36.0 Å². The van der Waals surface area contributed by atoms with Gasteiger partial charge in [0.25, 0.3) is 0 Å². The van der Waals surface area contributed by atoms with Gasteiger partial charge in [0.2, 0.25) is 5.91 Å². The number of carboxylic acid groups (broad SMARTS) is 4. The van der Waals surface area contributed by atoms with Crippen molar-refractivity contribution < 1.29 is 49.5 Å². The lowest BCUT2D eigenvalue weighted by molar-refractivity contribution is -0.145. The Hall–Kier alpha value is -4.57. The standard InChI is InChI=1S/C29H33ClN2O2.C10H16N2O8.ClH/c1-31(2)27(33)29(24-9-5-3-6-10-24,25-11-7-4-8-12-25)19-22-32-20-17-28(34,18-21-32)23-13-15-26(30)16-14-23;13-7(14)3-11(4-8(15)16)1-2-12(5-9(17)18)6-10(19)20;/h3-16,34H,17-22H2,1-2H3;1-6H2,(H,13,14)(H,15,16)(H,17,18)(H,19,20);1H. The van der Waals surface area contributed by atoms with Crippen LogP contribution in [0.15, 0.2) is 84.9 Å². The molecule has 0 spiro atoms. The Bertz CT molecular complexity index is 1580. The molecule has 1 heterocycles. The highest BCUT2D eigenvalue weighted by Gasteiger charge is 2.43. The number of likely N-dealkylation sites (tertiary alicyclic amines) is 1. The number of carbonyl (C=O) groups excluding carboxylic acids is 1. The Morgan fingerprint density at radius 3 is 1.40 bits per heavy atom. The van der Waals surface area contributed by atoms with Crippen LogP contribution in [0.25, 0.3) is 0 Å². The SMILES string of the molecule is CN(C)C(=O)C(CCN1CCC(O)(c2ccc(Cl)cc2)CC1)(c1ccccc1)c1ccccc1.Cl.O=C(O)CN(CCN(CC(=O)O)CC(=O)O)CC(=O)O. The molecule has 300 valence electrons. The van der Waals surface area contributed by atoms with E-state index in [1.165, 1.54) is 0 Å². The van der Waals surface area contributed by atoms with Crippen molar-refractivity contribution in [3.05, 3.63) is 107 Å². The predicted molar refractivity (Wildman–Crippen MR) is 209 cm³/mol. The number of piperidine rings is 1. The minimum Gasteiger partial charge on any atom is -0.480 e. The van der Waals surface area contributed by atoms with Crippen molar-refractivity contribution in [2.45, 2.75) is 30.3 Å². The number of hydrogen-bond acceptors (Lipinski definition) is 9. The highest BCUT2D eigenvalue weighted by molar-refractivity contribution is 6.30. The maximum Gasteiger partial charge on any atom is 0.317 e. The molecule has 14 nitrogen and oxygen atoms in total. The first-order valence-corrected chi connectivity index (χ1v) is 17.8. The van der Waals surface area contributed by atoms with Crippen molar-refractivity contribution in [2.24, 2.45) is 0 Å². The summed E-state index contributed by atoms with van der Waals surface area (Å²) in [5, 5.41) is 46.4. The van der Waals surface area contributed by atoms with E-state index in [0.29, 0.717) is 24.3 Å². The van der Waals surface area contributed by atoms with E-state index in [-0.39, 0.29) is 31.4 Å². The van der Waals surface area contributed by atoms with Gasteiger partial charge in [0.1, 0.15) is 5.41 Å². The maximum absolute atomic E-state index is 13.8. The molecule has 0 saturated carbocycles. The lowest BCUT2D eigenvalue weighted by Gasteiger charge is -2.41. The molecular weight excluding hydrogens is 755 g/mol. The first-order chi connectivity index (χ1) is 25.6. The number of amides is 1. The van der Waals surface area contributed by atoms with E-state index in [1.807, 2.05) is 74.8 Å². The fourth-order valence-electron chi connectivity index (χ4n) is 6.63. The monoisotopic (exact) mass is 804 g/mol. The third-order valence-corrected chi connectivity index (χ3v) is 9.59. The highest BCUT2D eigenvalue weighted by atomic mass is 35.5. The van der Waals surface area contributed by atoms with Crippen LogP contribution in [0.5, 0.6) is 0 Å². The quantitative estimate of drug-likeness (QED) is 0.125. The van der Waals surface area contributed by atoms with Gasteiger partial charge in [-0.2, -0.15) is 0 Å². The number of halogens is 2. The van der Waals surface area contributed by atoms with Gasteiger partial charge in [0, 0.05) is 45.3 Å². The summed E-state index contributed by atoms with van der Waals surface area (Å²) in [5.74, 6) is -4.83. The molecule has 1 aliphatic rings. The number of rotatable bonds is 18. The van der Waals surface area contributed by atoms with Gasteiger partial charge >= 0.3 is 23.9 Å². The number of likely N-dealkylation sites (N-methyl/N-ethyl adjacent to an activating group) is 1. The summed E-state index contributed by atoms with van der Waals surface area (Å²) in [6.45, 7) is 0.0589. The lowest BCUT2D eigenvalue weighted by atomic mass is 9.70. The maximum atomic E-state index is 13.8. The molecular formula is C39H50Cl2N4O10. The molecule has 1 fully saturated rings. The average Bonchev–Trinajstić information content (AvgIpc) is 3.12. The zero-order valence-electron chi connectivity index (χ0n) is 30.9. The summed E-state index contributed by atoms with van der Waals surface area (Å²) in [6, 6.07) is 27.7. The first kappa shape index (κ1) is 46.6. The van der Waals surface area contributed by atoms with Crippen LogP contribution in [-0.2, 0) is 35.0 Å². The smallest absolute Gasteiger partial charge is 0.317 e. The molecule has 1 amide bonds. The normalized spacial score (nSPS) is 13.9. The van der Waals surface area contributed by atoms with Gasteiger partial charge in [-0.15, -0.1) is 12.4 Å². The fourth-order valence-corrected chi connectivity index (χ4v) is 6.76. The summed E-state index contributed by atoms with van der Waals surface area (Å²) in [7, 11) is 3.66. The van der Waals surface area contributed by atoms with Crippen LogP contribution in [0.3, 0.4) is 0 Å². The van der Waals surface area contributed by atoms with Gasteiger partial charge in [-0.05, 0) is 54.6 Å². The molecule has 0 bridgehead atoms. The molecule has 3 aromatic rings. The number of benzene rings is 3. The number of aliphatic hydroxyl groups is 1. The van der Waals surface area contributed by atoms with Crippen molar-refractivity contribution in [1.29, 1.82) is 0 Å². The summed E-state index contributed by atoms with van der Waals surface area (Å²) < 4.78 is 0. The number of nitrogens with zero attached hydrogens (tertiary/aromatic N) is 4. The van der Waals surface area contributed by atoms with Gasteiger partial charge in [0.05, 0.1) is 31.8 Å². The van der Waals surface area contributed by atoms with Gasteiger partial charge in [-0.1, -0.05) is 84.4 Å². The zero-order chi connectivity index (χ0) is 39.9. The van der Waals surface area contributed by atoms with Crippen LogP contribution < -0.4 is 0 Å². The number of carbonyl (C=O) groups is 5. The van der Waals surface area contributed by atoms with E-state index in [0.717, 1.165) is 46.1 Å². The van der Waals surface area contributed by atoms with Gasteiger partial charge in [-0.25, -0.2) is 0 Å². The van der Waals surface area contributed by atoms with E-state index < -0.39 is 61.1 Å². The number of hydrogen-bond donors (Lipinski definition) is 5. The topological polar surface area (TPSA) is 199 Å². The number of carboxylic acids is 4. The van der Waals surface area contributed by atoms with E-state index in [1.54, 1.807) is 4.90 Å². The fraction of sp³-hybridized carbons (Fsp3) is 0.410. The third-order valence-electron chi connectivity index (χ3n) is 9.34. The summed E-state index contributed by atoms with van der Waals surface area (Å²) in [4.78, 5) is 62.2. The van der Waals surface area contributed by atoms with Gasteiger partial charge in [-0.3, -0.25) is 33.8 Å². The second-order valence-electron chi connectivity index (χ2n) is 13.5. The zero-order valence-corrected chi connectivity index (χ0v) is 32.5. The van der Waals surface area contributed by atoms with Crippen molar-refractivity contribution in [3.8, 4) is 0 Å². The molecule has 4 rings (SSSR count). The molecule has 0 aliphatic carbocycles. The average molecular weight is 806 g/mol. The molecule has 55 heavy (non-hydrogen) atoms. The van der Waals surface area contributed by atoms with E-state index >= 15 is 0 Å². The van der Waals surface area contributed by atoms with Gasteiger partial charge < -0.3 is 35.3 Å².